The van der Waals surface area contributed by atoms with Crippen LogP contribution in [0.2, 0.25) is 0 Å². The van der Waals surface area contributed by atoms with Gasteiger partial charge in [-0.25, -0.2) is 0 Å². The van der Waals surface area contributed by atoms with Crippen LogP contribution >= 0.6 is 11.5 Å². The molecule has 1 N–H and O–H groups in total. The molecule has 0 aromatic carbocycles. The standard InChI is InChI=1S/C7H5N3OS/c11-7(5-3-8-9-4-5)6-1-2-12-10-6/h1-4H,(H,8,9). The van der Waals surface area contributed by atoms with Crippen LogP contribution in [-0.2, 0) is 0 Å². The van der Waals surface area contributed by atoms with Crippen molar-refractivity contribution in [1.82, 2.24) is 14.6 Å². The number of rotatable bonds is 2. The zero-order chi connectivity index (χ0) is 8.39. The molecular weight excluding hydrogens is 174 g/mol. The third-order valence-corrected chi connectivity index (χ3v) is 1.99. The van der Waals surface area contributed by atoms with E-state index < -0.39 is 0 Å². The topological polar surface area (TPSA) is 58.6 Å². The Kier molecular flexibility index (Phi) is 1.71. The van der Waals surface area contributed by atoms with Gasteiger partial charge in [-0.05, 0) is 17.6 Å². The molecule has 0 aliphatic heterocycles. The molecule has 0 saturated carbocycles. The minimum absolute atomic E-state index is 0.0926. The van der Waals surface area contributed by atoms with Crippen LogP contribution in [0.1, 0.15) is 16.1 Å². The van der Waals surface area contributed by atoms with Crippen molar-refractivity contribution in [1.29, 1.82) is 0 Å². The van der Waals surface area contributed by atoms with Gasteiger partial charge in [-0.15, -0.1) is 0 Å². The van der Waals surface area contributed by atoms with Crippen molar-refractivity contribution in [2.45, 2.75) is 0 Å². The van der Waals surface area contributed by atoms with Crippen LogP contribution in [0, 0.1) is 0 Å². The summed E-state index contributed by atoms with van der Waals surface area (Å²) in [5.74, 6) is -0.0926. The van der Waals surface area contributed by atoms with Crippen LogP contribution < -0.4 is 0 Å². The zero-order valence-electron chi connectivity index (χ0n) is 6.02. The highest BCUT2D eigenvalue weighted by Gasteiger charge is 2.10. The van der Waals surface area contributed by atoms with Crippen molar-refractivity contribution < 1.29 is 4.79 Å². The Morgan fingerprint density at radius 3 is 3.08 bits per heavy atom. The van der Waals surface area contributed by atoms with Gasteiger partial charge in [-0.3, -0.25) is 9.89 Å². The van der Waals surface area contributed by atoms with Crippen LogP contribution in [0.15, 0.2) is 23.8 Å². The summed E-state index contributed by atoms with van der Waals surface area (Å²) >= 11 is 1.26. The first kappa shape index (κ1) is 7.17. The van der Waals surface area contributed by atoms with Gasteiger partial charge >= 0.3 is 0 Å². The Morgan fingerprint density at radius 1 is 1.58 bits per heavy atom. The highest BCUT2D eigenvalue weighted by Crippen LogP contribution is 2.06. The fourth-order valence-electron chi connectivity index (χ4n) is 0.853. The lowest BCUT2D eigenvalue weighted by Crippen LogP contribution is -1.98. The molecule has 60 valence electrons. The number of hydrogen-bond acceptors (Lipinski definition) is 4. The second-order valence-corrected chi connectivity index (χ2v) is 2.87. The van der Waals surface area contributed by atoms with E-state index in [9.17, 15) is 4.79 Å². The summed E-state index contributed by atoms with van der Waals surface area (Å²) in [5.41, 5.74) is 1.02. The molecule has 0 aliphatic carbocycles. The van der Waals surface area contributed by atoms with Crippen molar-refractivity contribution >= 4 is 17.3 Å². The predicted octanol–water partition coefficient (Wildman–Crippen LogP) is 1.10. The van der Waals surface area contributed by atoms with Gasteiger partial charge in [0, 0.05) is 11.6 Å². The summed E-state index contributed by atoms with van der Waals surface area (Å²) in [7, 11) is 0. The molecular formula is C7H5N3OS. The molecule has 2 heterocycles. The number of nitrogens with zero attached hydrogens (tertiary/aromatic N) is 2. The number of carbonyl (C=O) groups excluding carboxylic acids is 1. The van der Waals surface area contributed by atoms with E-state index in [1.807, 2.05) is 0 Å². The lowest BCUT2D eigenvalue weighted by atomic mass is 10.2. The Morgan fingerprint density at radius 2 is 2.50 bits per heavy atom. The summed E-state index contributed by atoms with van der Waals surface area (Å²) in [6, 6.07) is 1.69. The van der Waals surface area contributed by atoms with Gasteiger partial charge in [0.05, 0.1) is 11.8 Å². The minimum Gasteiger partial charge on any atom is -0.287 e. The summed E-state index contributed by atoms with van der Waals surface area (Å²) < 4.78 is 3.92. The summed E-state index contributed by atoms with van der Waals surface area (Å²) in [6.07, 6.45) is 3.04. The fourth-order valence-corrected chi connectivity index (χ4v) is 1.36. The van der Waals surface area contributed by atoms with Gasteiger partial charge in [0.2, 0.25) is 5.78 Å². The molecule has 0 amide bonds. The van der Waals surface area contributed by atoms with Gasteiger partial charge in [0.1, 0.15) is 5.69 Å². The lowest BCUT2D eigenvalue weighted by molar-refractivity contribution is 0.103. The Bertz CT molecular complexity index is 329. The first-order valence-corrected chi connectivity index (χ1v) is 4.15. The molecule has 2 rings (SSSR count). The first-order chi connectivity index (χ1) is 5.88. The third-order valence-electron chi connectivity index (χ3n) is 1.43. The van der Waals surface area contributed by atoms with Crippen molar-refractivity contribution in [3.05, 3.63) is 35.1 Å². The molecule has 2 aromatic rings. The van der Waals surface area contributed by atoms with Gasteiger partial charge in [0.25, 0.3) is 0 Å². The Hall–Kier alpha value is -1.49. The van der Waals surface area contributed by atoms with E-state index in [0.717, 1.165) is 0 Å². The minimum atomic E-state index is -0.0926. The predicted molar refractivity (Wildman–Crippen MR) is 44.1 cm³/mol. The second-order valence-electron chi connectivity index (χ2n) is 2.20. The quantitative estimate of drug-likeness (QED) is 0.702. The monoisotopic (exact) mass is 179 g/mol. The molecule has 0 spiro atoms. The van der Waals surface area contributed by atoms with Crippen LogP contribution in [0.25, 0.3) is 0 Å². The maximum absolute atomic E-state index is 11.5. The number of aromatic amines is 1. The molecule has 0 unspecified atom stereocenters. The number of carbonyl (C=O) groups is 1. The van der Waals surface area contributed by atoms with Crippen LogP contribution in [0.5, 0.6) is 0 Å². The summed E-state index contributed by atoms with van der Waals surface area (Å²) in [5, 5.41) is 8.03. The average Bonchev–Trinajstić information content (AvgIpc) is 2.77. The van der Waals surface area contributed by atoms with Crippen LogP contribution in [0.4, 0.5) is 0 Å². The van der Waals surface area contributed by atoms with Gasteiger partial charge in [-0.2, -0.15) is 9.47 Å². The molecule has 0 aliphatic rings. The molecule has 5 heteroatoms. The first-order valence-electron chi connectivity index (χ1n) is 3.32. The van der Waals surface area contributed by atoms with E-state index in [4.69, 9.17) is 0 Å². The van der Waals surface area contributed by atoms with E-state index in [1.165, 1.54) is 17.7 Å². The van der Waals surface area contributed by atoms with Crippen molar-refractivity contribution in [3.8, 4) is 0 Å². The highest BCUT2D eigenvalue weighted by molar-refractivity contribution is 7.03. The molecule has 0 saturated heterocycles. The summed E-state index contributed by atoms with van der Waals surface area (Å²) in [4.78, 5) is 11.5. The van der Waals surface area contributed by atoms with Crippen molar-refractivity contribution in [2.24, 2.45) is 0 Å². The number of H-pyrrole nitrogens is 1. The molecule has 2 aromatic heterocycles. The highest BCUT2D eigenvalue weighted by atomic mass is 32.1. The van der Waals surface area contributed by atoms with Crippen molar-refractivity contribution in [3.63, 3.8) is 0 Å². The van der Waals surface area contributed by atoms with Crippen LogP contribution in [0.3, 0.4) is 0 Å². The molecule has 12 heavy (non-hydrogen) atoms. The number of nitrogens with one attached hydrogen (secondary N) is 1. The third kappa shape index (κ3) is 1.14. The largest absolute Gasteiger partial charge is 0.287 e. The summed E-state index contributed by atoms with van der Waals surface area (Å²) in [6.45, 7) is 0. The van der Waals surface area contributed by atoms with E-state index in [1.54, 1.807) is 17.6 Å². The molecule has 0 bridgehead atoms. The Balaban J connectivity index is 2.34. The normalized spacial score (nSPS) is 10.0. The number of ketones is 1. The van der Waals surface area contributed by atoms with E-state index in [2.05, 4.69) is 14.6 Å². The maximum atomic E-state index is 11.5. The lowest BCUT2D eigenvalue weighted by Gasteiger charge is -1.88. The van der Waals surface area contributed by atoms with Gasteiger partial charge < -0.3 is 0 Å². The van der Waals surface area contributed by atoms with E-state index >= 15 is 0 Å². The van der Waals surface area contributed by atoms with Crippen LogP contribution in [-0.4, -0.2) is 20.4 Å². The smallest absolute Gasteiger partial charge is 0.215 e. The number of hydrogen-bond donors (Lipinski definition) is 1. The van der Waals surface area contributed by atoms with E-state index in [0.29, 0.717) is 11.3 Å². The Labute approximate surface area is 72.4 Å². The molecule has 0 radical (unpaired) electrons. The average molecular weight is 179 g/mol. The fraction of sp³-hybridized carbons (Fsp3) is 0. The molecule has 4 nitrogen and oxygen atoms in total. The van der Waals surface area contributed by atoms with Gasteiger partial charge in [-0.1, -0.05) is 0 Å². The van der Waals surface area contributed by atoms with E-state index in [-0.39, 0.29) is 5.78 Å². The molecule has 0 atom stereocenters. The maximum Gasteiger partial charge on any atom is 0.215 e. The SMILES string of the molecule is O=C(c1cn[nH]c1)c1ccsn1. The number of aromatic nitrogens is 3. The van der Waals surface area contributed by atoms with Gasteiger partial charge in [0.15, 0.2) is 0 Å². The van der Waals surface area contributed by atoms with Crippen molar-refractivity contribution in [2.75, 3.05) is 0 Å². The second kappa shape index (κ2) is 2.86. The zero-order valence-corrected chi connectivity index (χ0v) is 6.84. The molecule has 0 fully saturated rings.